The summed E-state index contributed by atoms with van der Waals surface area (Å²) in [5, 5.41) is 123. The van der Waals surface area contributed by atoms with Crippen LogP contribution in [0.3, 0.4) is 0 Å². The number of hydrogen-bond donors (Lipinski definition) is 15. The first-order valence-corrected chi connectivity index (χ1v) is 34.1. The number of aromatic nitrogens is 2. The molecule has 6 aliphatic rings. The van der Waals surface area contributed by atoms with Crippen LogP contribution in [0.5, 0.6) is 11.5 Å². The van der Waals surface area contributed by atoms with E-state index in [0.29, 0.717) is 18.8 Å². The molecule has 16 N–H and O–H groups in total. The molecular weight excluding hydrogens is 1250 g/mol. The third kappa shape index (κ3) is 17.7. The van der Waals surface area contributed by atoms with Crippen LogP contribution in [0.15, 0.2) is 42.5 Å². The van der Waals surface area contributed by atoms with Crippen LogP contribution >= 0.6 is 11.3 Å². The van der Waals surface area contributed by atoms with Gasteiger partial charge in [-0.05, 0) is 125 Å². The molecule has 4 aliphatic heterocycles. The number of nitrogens with one attached hydrogen (secondary N) is 5. The van der Waals surface area contributed by atoms with Crippen LogP contribution in [0.4, 0.5) is 5.69 Å². The van der Waals surface area contributed by atoms with Crippen LogP contribution in [0.25, 0.3) is 10.6 Å². The second-order valence-electron chi connectivity index (χ2n) is 26.9. The minimum Gasteiger partial charge on any atom is -0.504 e. The van der Waals surface area contributed by atoms with Gasteiger partial charge in [-0.2, -0.15) is 0 Å². The zero-order valence-electron chi connectivity index (χ0n) is 54.0. The van der Waals surface area contributed by atoms with Crippen molar-refractivity contribution in [2.75, 3.05) is 64.5 Å². The number of piperidine rings is 1. The SMILES string of the molecule is COC1(C2CCCCC2)CCN(c2ccc(-c3nnc([C@H]4CC[C@H](CN[C@H]5C[C@@H](O)CNC(=O)[C@@H]6[C@@H](O)[C@@H](C)CN6C(=O)[C@H]([C@H](O)CC(N)=O)NC(=O)[C@H]([C@H](O)Cc6ccc(O)c(OC[C@@H](O)CO)c6)NC(=O)[C@@H]6C[C@@H](O)CN6C(=O)[C@H]([C@@H](C)O)NC5=O)CC4)s3)cc2)CC1. The van der Waals surface area contributed by atoms with E-state index in [1.807, 2.05) is 7.11 Å². The van der Waals surface area contributed by atoms with Gasteiger partial charge in [0.15, 0.2) is 11.5 Å². The number of rotatable bonds is 19. The van der Waals surface area contributed by atoms with E-state index in [4.69, 9.17) is 15.2 Å². The first-order valence-electron chi connectivity index (χ1n) is 33.2. The molecule has 3 aromatic rings. The van der Waals surface area contributed by atoms with Crippen molar-refractivity contribution in [1.82, 2.24) is 46.6 Å². The molecule has 6 fully saturated rings. The summed E-state index contributed by atoms with van der Waals surface area (Å²) in [6.45, 7) is 2.27. The van der Waals surface area contributed by atoms with Gasteiger partial charge in [0, 0.05) is 75.8 Å². The van der Waals surface area contributed by atoms with Crippen LogP contribution < -0.4 is 42.0 Å². The molecule has 0 unspecified atom stereocenters. The smallest absolute Gasteiger partial charge is 0.248 e. The number of methoxy groups -OCH3 is 1. The number of nitrogens with zero attached hydrogens (tertiary/aromatic N) is 5. The minimum atomic E-state index is -2.17. The number of fused-ring (bicyclic) bond motifs is 2. The van der Waals surface area contributed by atoms with Crippen molar-refractivity contribution in [2.45, 2.75) is 201 Å². The number of benzene rings is 2. The zero-order valence-corrected chi connectivity index (χ0v) is 54.9. The Balaban J connectivity index is 0.916. The summed E-state index contributed by atoms with van der Waals surface area (Å²) in [5.41, 5.74) is 7.69. The van der Waals surface area contributed by atoms with Gasteiger partial charge < -0.3 is 102 Å². The molecule has 524 valence electrons. The topological polar surface area (TPSA) is 442 Å². The van der Waals surface area contributed by atoms with Gasteiger partial charge in [0.1, 0.15) is 52.9 Å². The summed E-state index contributed by atoms with van der Waals surface area (Å²) in [6, 6.07) is 1.40. The van der Waals surface area contributed by atoms with Gasteiger partial charge in [0.2, 0.25) is 41.4 Å². The van der Waals surface area contributed by atoms with E-state index in [0.717, 1.165) is 75.9 Å². The third-order valence-corrected chi connectivity index (χ3v) is 21.2. The average Bonchev–Trinajstić information content (AvgIpc) is 1.78. The van der Waals surface area contributed by atoms with E-state index in [1.165, 1.54) is 58.1 Å². The number of aliphatic hydroxyl groups is 8. The second kappa shape index (κ2) is 32.6. The molecule has 4 saturated heterocycles. The number of β-amino-alcohol motifs (C(OH)–C–C–N with tert-alkyl or cyclic N) is 1. The van der Waals surface area contributed by atoms with Crippen LogP contribution in [0.1, 0.15) is 120 Å². The highest BCUT2D eigenvalue weighted by atomic mass is 32.1. The van der Waals surface area contributed by atoms with E-state index in [1.54, 1.807) is 11.3 Å². The molecule has 29 nitrogen and oxygen atoms in total. The molecule has 0 spiro atoms. The summed E-state index contributed by atoms with van der Waals surface area (Å²) in [7, 11) is 1.88. The fourth-order valence-electron chi connectivity index (χ4n) is 14.5. The first-order chi connectivity index (χ1) is 45.4. The molecule has 2 saturated carbocycles. The molecule has 14 atom stereocenters. The summed E-state index contributed by atoms with van der Waals surface area (Å²) in [6.07, 6.45) is -2.65. The molecular formula is C65H95N11O18S. The maximum absolute atomic E-state index is 14.8. The second-order valence-corrected chi connectivity index (χ2v) is 27.9. The quantitative estimate of drug-likeness (QED) is 0.0627. The predicted octanol–water partition coefficient (Wildman–Crippen LogP) is -1.83. The Morgan fingerprint density at radius 1 is 0.789 bits per heavy atom. The third-order valence-electron chi connectivity index (χ3n) is 20.1. The number of ether oxygens (including phenoxy) is 2. The molecule has 9 rings (SSSR count). The van der Waals surface area contributed by atoms with Crippen LogP contribution in [-0.2, 0) is 44.7 Å². The Bertz CT molecular complexity index is 3120. The predicted molar refractivity (Wildman–Crippen MR) is 344 cm³/mol. The highest BCUT2D eigenvalue weighted by Crippen LogP contribution is 2.43. The van der Waals surface area contributed by atoms with E-state index < -0.39 is 184 Å². The maximum Gasteiger partial charge on any atom is 0.248 e. The van der Waals surface area contributed by atoms with E-state index >= 15 is 0 Å². The Morgan fingerprint density at radius 2 is 1.46 bits per heavy atom. The summed E-state index contributed by atoms with van der Waals surface area (Å²) < 4.78 is 11.7. The molecule has 7 amide bonds. The van der Waals surface area contributed by atoms with Gasteiger partial charge in [-0.25, -0.2) is 0 Å². The lowest BCUT2D eigenvalue weighted by molar-refractivity contribution is -0.147. The molecule has 0 radical (unpaired) electrons. The zero-order chi connectivity index (χ0) is 68.4. The van der Waals surface area contributed by atoms with Gasteiger partial charge in [-0.1, -0.05) is 43.6 Å². The molecule has 5 heterocycles. The minimum absolute atomic E-state index is 0.0142. The molecule has 0 bridgehead atoms. The number of anilines is 1. The number of aliphatic hydroxyl groups excluding tert-OH is 8. The number of phenols is 1. The monoisotopic (exact) mass is 1350 g/mol. The van der Waals surface area contributed by atoms with Crippen molar-refractivity contribution in [3.8, 4) is 22.1 Å². The number of carbonyl (C=O) groups is 7. The molecule has 30 heteroatoms. The van der Waals surface area contributed by atoms with E-state index in [-0.39, 0.29) is 41.8 Å². The van der Waals surface area contributed by atoms with Crippen molar-refractivity contribution >= 4 is 58.4 Å². The van der Waals surface area contributed by atoms with Gasteiger partial charge in [-0.3, -0.25) is 33.6 Å². The Kier molecular flexibility index (Phi) is 24.9. The Hall–Kier alpha value is -6.71. The summed E-state index contributed by atoms with van der Waals surface area (Å²) in [4.78, 5) is 104. The average molecular weight is 1350 g/mol. The number of aromatic hydroxyl groups is 1. The van der Waals surface area contributed by atoms with Crippen LogP contribution in [0.2, 0.25) is 0 Å². The lowest BCUT2D eigenvalue weighted by Crippen LogP contribution is -2.64. The Labute approximate surface area is 555 Å². The highest BCUT2D eigenvalue weighted by Gasteiger charge is 2.50. The van der Waals surface area contributed by atoms with Crippen LogP contribution in [0, 0.1) is 17.8 Å². The lowest BCUT2D eigenvalue weighted by Gasteiger charge is -2.47. The van der Waals surface area contributed by atoms with Gasteiger partial charge >= 0.3 is 0 Å². The number of phenolic OH excluding ortho intramolecular Hbond substituents is 1. The lowest BCUT2D eigenvalue weighted by atomic mass is 9.72. The molecule has 2 aromatic carbocycles. The molecule has 95 heavy (non-hydrogen) atoms. The molecule has 1 aromatic heterocycles. The van der Waals surface area contributed by atoms with Crippen molar-refractivity contribution in [2.24, 2.45) is 23.5 Å². The van der Waals surface area contributed by atoms with E-state index in [2.05, 4.69) is 65.9 Å². The number of hydrogen-bond acceptors (Lipinski definition) is 23. The normalized spacial score (nSPS) is 30.0. The van der Waals surface area contributed by atoms with Gasteiger partial charge in [0.05, 0.1) is 61.3 Å². The largest absolute Gasteiger partial charge is 0.504 e. The fraction of sp³-hybridized carbons (Fsp3) is 0.677. The van der Waals surface area contributed by atoms with Gasteiger partial charge in [0.25, 0.3) is 0 Å². The van der Waals surface area contributed by atoms with Crippen molar-refractivity contribution in [3.63, 3.8) is 0 Å². The first kappa shape index (κ1) is 72.6. The standard InChI is InChI=1S/C65H95N11O18S/c1-34-30-76-55(56(34)86)60(90)68-29-42(79)25-45(67-28-36-9-12-38(13-10-36)61-72-73-62(95-61)39-14-16-41(17-15-39)74-21-19-65(93-3,20-22-74)40-7-5-4-6-8-40)57(87)69-52(35(2)78)63(91)75-31-43(80)26-46(75)58(88)70-53(59(89)71-54(64(76)92)49(84)27-51(66)85)48(83)23-37-11-18-47(82)50(24-37)94-33-44(81)32-77/h11,14-18,24,34-36,38,40,42-46,48-49,52-56,67,77-84,86H,4-10,12-13,19-23,25-33H2,1-3H3,(H2,66,85)(H,68,90)(H,69,87)(H,70,88)(H,71,89)/t34-,35+,36-,38-,42+,43+,44-,45-,46-,48+,49+,52-,53-,54-,55-,56-/m0/s1. The van der Waals surface area contributed by atoms with Crippen molar-refractivity contribution in [3.05, 3.63) is 53.0 Å². The van der Waals surface area contributed by atoms with Crippen molar-refractivity contribution in [1.29, 1.82) is 0 Å². The van der Waals surface area contributed by atoms with Gasteiger partial charge in [-0.15, -0.1) is 10.2 Å². The van der Waals surface area contributed by atoms with Crippen LogP contribution in [-0.4, -0.2) is 251 Å². The Morgan fingerprint density at radius 3 is 2.13 bits per heavy atom. The number of carbonyl (C=O) groups excluding carboxylic acids is 7. The van der Waals surface area contributed by atoms with Crippen molar-refractivity contribution < 1.29 is 89.0 Å². The number of primary amides is 1. The summed E-state index contributed by atoms with van der Waals surface area (Å²) in [5.74, 6) is -8.51. The van der Waals surface area contributed by atoms with E-state index in [9.17, 15) is 79.5 Å². The number of nitrogens with two attached hydrogens (primary N) is 1. The highest BCUT2D eigenvalue weighted by molar-refractivity contribution is 7.14. The maximum atomic E-state index is 14.8. The summed E-state index contributed by atoms with van der Waals surface area (Å²) >= 11 is 1.56. The fourth-order valence-corrected chi connectivity index (χ4v) is 15.5. The number of amides is 7. The molecule has 2 aliphatic carbocycles.